The van der Waals surface area contributed by atoms with E-state index in [-0.39, 0.29) is 6.10 Å². The van der Waals surface area contributed by atoms with Gasteiger partial charge in [0.25, 0.3) is 0 Å². The summed E-state index contributed by atoms with van der Waals surface area (Å²) in [4.78, 5) is 12.1. The van der Waals surface area contributed by atoms with E-state index < -0.39 is 6.10 Å². The molecule has 6 heteroatoms. The first kappa shape index (κ1) is 14.6. The van der Waals surface area contributed by atoms with Gasteiger partial charge in [-0.2, -0.15) is 0 Å². The van der Waals surface area contributed by atoms with Crippen LogP contribution in [0.3, 0.4) is 0 Å². The molecule has 2 aromatic rings. The molecule has 5 nitrogen and oxygen atoms in total. The second-order valence-corrected chi connectivity index (χ2v) is 6.10. The Morgan fingerprint density at radius 2 is 2.19 bits per heavy atom. The largest absolute Gasteiger partial charge is 0.389 e. The van der Waals surface area contributed by atoms with Gasteiger partial charge in [0.1, 0.15) is 0 Å². The van der Waals surface area contributed by atoms with E-state index in [2.05, 4.69) is 14.9 Å². The fourth-order valence-electron chi connectivity index (χ4n) is 2.57. The third kappa shape index (κ3) is 3.47. The Morgan fingerprint density at radius 1 is 1.38 bits per heavy atom. The lowest BCUT2D eigenvalue weighted by molar-refractivity contribution is -0.00245. The van der Waals surface area contributed by atoms with E-state index in [1.807, 2.05) is 36.8 Å². The van der Waals surface area contributed by atoms with Crippen molar-refractivity contribution in [2.24, 2.45) is 0 Å². The molecule has 0 radical (unpaired) electrons. The molecule has 112 valence electrons. The van der Waals surface area contributed by atoms with Crippen molar-refractivity contribution in [2.45, 2.75) is 25.7 Å². The zero-order chi connectivity index (χ0) is 14.7. The van der Waals surface area contributed by atoms with Crippen LogP contribution in [0.25, 0.3) is 10.7 Å². The van der Waals surface area contributed by atoms with Gasteiger partial charge in [0.2, 0.25) is 0 Å². The van der Waals surface area contributed by atoms with E-state index >= 15 is 0 Å². The average Bonchev–Trinajstić information content (AvgIpc) is 3.11. The fourth-order valence-corrected chi connectivity index (χ4v) is 3.24. The SMILES string of the molecule is CCO[C@H]1CN(Cc2cnc(-c3cccs3)nc2)C[C@@H]1O. The number of β-amino-alcohol motifs (C(OH)–C–C–N with tert-alkyl or cyclic N) is 1. The Morgan fingerprint density at radius 3 is 2.86 bits per heavy atom. The molecule has 3 heterocycles. The van der Waals surface area contributed by atoms with E-state index in [9.17, 15) is 5.11 Å². The van der Waals surface area contributed by atoms with Crippen molar-refractivity contribution in [1.29, 1.82) is 0 Å². The summed E-state index contributed by atoms with van der Waals surface area (Å²) < 4.78 is 5.53. The van der Waals surface area contributed by atoms with Crippen LogP contribution in [0, 0.1) is 0 Å². The lowest BCUT2D eigenvalue weighted by atomic mass is 10.3. The summed E-state index contributed by atoms with van der Waals surface area (Å²) in [6.07, 6.45) is 3.24. The number of aliphatic hydroxyl groups excluding tert-OH is 1. The van der Waals surface area contributed by atoms with Crippen LogP contribution in [-0.4, -0.2) is 51.9 Å². The minimum atomic E-state index is -0.406. The van der Waals surface area contributed by atoms with Crippen LogP contribution in [0.4, 0.5) is 0 Å². The van der Waals surface area contributed by atoms with Gasteiger partial charge in [-0.1, -0.05) is 6.07 Å². The summed E-state index contributed by atoms with van der Waals surface area (Å²) in [5.74, 6) is 0.766. The number of likely N-dealkylation sites (tertiary alicyclic amines) is 1. The molecule has 21 heavy (non-hydrogen) atoms. The lowest BCUT2D eigenvalue weighted by Crippen LogP contribution is -2.26. The zero-order valence-corrected chi connectivity index (χ0v) is 12.8. The molecule has 1 saturated heterocycles. The number of aliphatic hydroxyl groups is 1. The topological polar surface area (TPSA) is 58.5 Å². The molecule has 0 amide bonds. The van der Waals surface area contributed by atoms with Gasteiger partial charge in [-0.15, -0.1) is 11.3 Å². The van der Waals surface area contributed by atoms with Gasteiger partial charge in [-0.3, -0.25) is 4.90 Å². The predicted octanol–water partition coefficient (Wildman–Crippen LogP) is 1.79. The third-order valence-corrected chi connectivity index (χ3v) is 4.41. The number of ether oxygens (including phenoxy) is 1. The molecule has 0 bridgehead atoms. The van der Waals surface area contributed by atoms with Gasteiger partial charge in [0, 0.05) is 44.2 Å². The van der Waals surface area contributed by atoms with E-state index in [0.717, 1.165) is 29.4 Å². The number of thiophene rings is 1. The Labute approximate surface area is 128 Å². The summed E-state index contributed by atoms with van der Waals surface area (Å²) in [5.41, 5.74) is 1.06. The number of nitrogens with zero attached hydrogens (tertiary/aromatic N) is 3. The van der Waals surface area contributed by atoms with E-state index in [0.29, 0.717) is 13.2 Å². The Kier molecular flexibility index (Phi) is 4.60. The minimum Gasteiger partial charge on any atom is -0.389 e. The van der Waals surface area contributed by atoms with Crippen molar-refractivity contribution in [2.75, 3.05) is 19.7 Å². The monoisotopic (exact) mass is 305 g/mol. The summed E-state index contributed by atoms with van der Waals surface area (Å²) in [7, 11) is 0. The Bertz CT molecular complexity index is 559. The van der Waals surface area contributed by atoms with Crippen molar-refractivity contribution >= 4 is 11.3 Å². The standard InChI is InChI=1S/C15H19N3O2S/c1-2-20-13-10-18(9-12(13)19)8-11-6-16-15(17-7-11)14-4-3-5-21-14/h3-7,12-13,19H,2,8-10H2,1H3/t12-,13-/m0/s1. The molecule has 0 unspecified atom stereocenters. The second-order valence-electron chi connectivity index (χ2n) is 5.15. The van der Waals surface area contributed by atoms with Crippen molar-refractivity contribution in [1.82, 2.24) is 14.9 Å². The molecular weight excluding hydrogens is 286 g/mol. The van der Waals surface area contributed by atoms with Crippen LogP contribution in [0.15, 0.2) is 29.9 Å². The highest BCUT2D eigenvalue weighted by Crippen LogP contribution is 2.21. The summed E-state index contributed by atoms with van der Waals surface area (Å²) in [6.45, 7) is 4.71. The van der Waals surface area contributed by atoms with E-state index in [4.69, 9.17) is 4.74 Å². The Hall–Kier alpha value is -1.34. The van der Waals surface area contributed by atoms with E-state index in [1.54, 1.807) is 11.3 Å². The van der Waals surface area contributed by atoms with Crippen molar-refractivity contribution < 1.29 is 9.84 Å². The van der Waals surface area contributed by atoms with Crippen LogP contribution < -0.4 is 0 Å². The quantitative estimate of drug-likeness (QED) is 0.912. The maximum Gasteiger partial charge on any atom is 0.169 e. The molecule has 2 atom stereocenters. The molecule has 0 saturated carbocycles. The average molecular weight is 305 g/mol. The lowest BCUT2D eigenvalue weighted by Gasteiger charge is -2.15. The molecule has 1 aliphatic heterocycles. The van der Waals surface area contributed by atoms with Crippen LogP contribution in [0.5, 0.6) is 0 Å². The molecule has 0 aromatic carbocycles. The highest BCUT2D eigenvalue weighted by Gasteiger charge is 2.31. The second kappa shape index (κ2) is 6.62. The van der Waals surface area contributed by atoms with Gasteiger partial charge < -0.3 is 9.84 Å². The summed E-state index contributed by atoms with van der Waals surface area (Å²) in [6, 6.07) is 4.01. The molecule has 1 N–H and O–H groups in total. The van der Waals surface area contributed by atoms with Crippen molar-refractivity contribution in [3.63, 3.8) is 0 Å². The number of hydrogen-bond donors (Lipinski definition) is 1. The molecule has 3 rings (SSSR count). The van der Waals surface area contributed by atoms with E-state index in [1.165, 1.54) is 0 Å². The first-order chi connectivity index (χ1) is 10.3. The molecule has 0 aliphatic carbocycles. The number of rotatable bonds is 5. The van der Waals surface area contributed by atoms with Crippen LogP contribution in [0.1, 0.15) is 12.5 Å². The normalized spacial score (nSPS) is 22.8. The number of hydrogen-bond acceptors (Lipinski definition) is 6. The predicted molar refractivity (Wildman–Crippen MR) is 82.0 cm³/mol. The number of aromatic nitrogens is 2. The molecule has 0 spiro atoms. The summed E-state index contributed by atoms with van der Waals surface area (Å²) >= 11 is 1.64. The molecule has 1 aliphatic rings. The third-order valence-electron chi connectivity index (χ3n) is 3.55. The summed E-state index contributed by atoms with van der Waals surface area (Å²) in [5, 5.41) is 12.0. The van der Waals surface area contributed by atoms with Gasteiger partial charge in [0.15, 0.2) is 5.82 Å². The molecular formula is C15H19N3O2S. The van der Waals surface area contributed by atoms with Crippen LogP contribution in [-0.2, 0) is 11.3 Å². The first-order valence-corrected chi connectivity index (χ1v) is 8.01. The first-order valence-electron chi connectivity index (χ1n) is 7.13. The smallest absolute Gasteiger partial charge is 0.169 e. The fraction of sp³-hybridized carbons (Fsp3) is 0.467. The molecule has 1 fully saturated rings. The van der Waals surface area contributed by atoms with Crippen molar-refractivity contribution in [3.8, 4) is 10.7 Å². The van der Waals surface area contributed by atoms with Gasteiger partial charge in [-0.25, -0.2) is 9.97 Å². The van der Waals surface area contributed by atoms with Gasteiger partial charge in [0.05, 0.1) is 17.1 Å². The highest BCUT2D eigenvalue weighted by molar-refractivity contribution is 7.13. The van der Waals surface area contributed by atoms with Gasteiger partial charge in [-0.05, 0) is 18.4 Å². The zero-order valence-electron chi connectivity index (χ0n) is 12.0. The maximum atomic E-state index is 9.94. The van der Waals surface area contributed by atoms with Crippen LogP contribution in [0.2, 0.25) is 0 Å². The highest BCUT2D eigenvalue weighted by atomic mass is 32.1. The van der Waals surface area contributed by atoms with Gasteiger partial charge >= 0.3 is 0 Å². The molecule has 2 aromatic heterocycles. The Balaban J connectivity index is 1.61. The minimum absolute atomic E-state index is 0.0821. The van der Waals surface area contributed by atoms with Crippen molar-refractivity contribution in [3.05, 3.63) is 35.5 Å². The van der Waals surface area contributed by atoms with Crippen LogP contribution >= 0.6 is 11.3 Å². The maximum absolute atomic E-state index is 9.94.